The molecule has 0 aliphatic rings. The van der Waals surface area contributed by atoms with Crippen LogP contribution in [0.1, 0.15) is 41.0 Å². The van der Waals surface area contributed by atoms with E-state index in [9.17, 15) is 9.59 Å². The molecule has 0 spiro atoms. The van der Waals surface area contributed by atoms with Crippen molar-refractivity contribution in [2.24, 2.45) is 0 Å². The van der Waals surface area contributed by atoms with Gasteiger partial charge in [-0.25, -0.2) is 0 Å². The van der Waals surface area contributed by atoms with Gasteiger partial charge in [0.05, 0.1) is 12.1 Å². The Morgan fingerprint density at radius 1 is 1.11 bits per heavy atom. The first kappa shape index (κ1) is 16.9. The minimum atomic E-state index is -0.372. The molecule has 0 aliphatic carbocycles. The van der Waals surface area contributed by atoms with Crippen molar-refractivity contribution >= 4 is 11.8 Å². The van der Waals surface area contributed by atoms with Crippen LogP contribution in [-0.4, -0.2) is 48.4 Å². The van der Waals surface area contributed by atoms with E-state index in [-0.39, 0.29) is 29.9 Å². The number of carbonyl (C=O) groups excluding carboxylic acids is 2. The minimum absolute atomic E-state index is 0.000639. The average molecular weight is 257 g/mol. The molecule has 3 unspecified atom stereocenters. The van der Waals surface area contributed by atoms with E-state index in [0.717, 1.165) is 6.42 Å². The zero-order valence-electron chi connectivity index (χ0n) is 12.4. The van der Waals surface area contributed by atoms with Crippen LogP contribution in [0.25, 0.3) is 0 Å². The van der Waals surface area contributed by atoms with Crippen LogP contribution in [0.15, 0.2) is 0 Å². The second kappa shape index (κ2) is 8.08. The van der Waals surface area contributed by atoms with E-state index in [2.05, 4.69) is 10.6 Å². The largest absolute Gasteiger partial charge is 0.352 e. The van der Waals surface area contributed by atoms with Gasteiger partial charge >= 0.3 is 0 Å². The number of carbonyl (C=O) groups is 2. The van der Waals surface area contributed by atoms with Crippen molar-refractivity contribution in [2.45, 2.75) is 59.2 Å². The van der Waals surface area contributed by atoms with Crippen LogP contribution in [0.4, 0.5) is 0 Å². The quantitative estimate of drug-likeness (QED) is 0.707. The van der Waals surface area contributed by atoms with Crippen LogP contribution in [0.5, 0.6) is 0 Å². The van der Waals surface area contributed by atoms with Gasteiger partial charge < -0.3 is 10.2 Å². The van der Waals surface area contributed by atoms with Gasteiger partial charge in [-0.2, -0.15) is 0 Å². The van der Waals surface area contributed by atoms with Crippen LogP contribution in [0.3, 0.4) is 0 Å². The van der Waals surface area contributed by atoms with Crippen molar-refractivity contribution in [3.63, 3.8) is 0 Å². The Bertz CT molecular complexity index is 281. The van der Waals surface area contributed by atoms with E-state index in [4.69, 9.17) is 0 Å². The van der Waals surface area contributed by atoms with Gasteiger partial charge in [-0.1, -0.05) is 6.92 Å². The first-order valence-electron chi connectivity index (χ1n) is 6.64. The number of likely N-dealkylation sites (N-methyl/N-ethyl adjacent to an activating group) is 1. The molecule has 0 heterocycles. The maximum atomic E-state index is 11.8. The highest BCUT2D eigenvalue weighted by atomic mass is 16.2. The summed E-state index contributed by atoms with van der Waals surface area (Å²) in [4.78, 5) is 25.3. The predicted molar refractivity (Wildman–Crippen MR) is 73.3 cm³/mol. The molecular weight excluding hydrogens is 230 g/mol. The summed E-state index contributed by atoms with van der Waals surface area (Å²) in [6.07, 6.45) is 0.894. The second-order valence-electron chi connectivity index (χ2n) is 4.78. The van der Waals surface area contributed by atoms with Gasteiger partial charge in [-0.15, -0.1) is 0 Å². The van der Waals surface area contributed by atoms with E-state index < -0.39 is 0 Å². The fraction of sp³-hybridized carbons (Fsp3) is 0.846. The molecule has 0 aromatic carbocycles. The Morgan fingerprint density at radius 3 is 2.11 bits per heavy atom. The lowest BCUT2D eigenvalue weighted by molar-refractivity contribution is -0.132. The fourth-order valence-corrected chi connectivity index (χ4v) is 1.48. The highest BCUT2D eigenvalue weighted by molar-refractivity contribution is 5.84. The number of nitrogens with one attached hydrogen (secondary N) is 2. The lowest BCUT2D eigenvalue weighted by Gasteiger charge is -2.24. The first-order chi connectivity index (χ1) is 8.33. The summed E-state index contributed by atoms with van der Waals surface area (Å²) in [5.41, 5.74) is 0. The van der Waals surface area contributed by atoms with Gasteiger partial charge in [0.15, 0.2) is 0 Å². The maximum Gasteiger partial charge on any atom is 0.239 e. The van der Waals surface area contributed by atoms with Crippen molar-refractivity contribution < 1.29 is 9.59 Å². The topological polar surface area (TPSA) is 61.4 Å². The fourth-order valence-electron chi connectivity index (χ4n) is 1.48. The SMILES string of the molecule is CCC(C)NC(=O)C(C)NC(C)C(=O)N(C)CC. The van der Waals surface area contributed by atoms with E-state index in [1.54, 1.807) is 25.8 Å². The Hall–Kier alpha value is -1.10. The third kappa shape index (κ3) is 5.49. The highest BCUT2D eigenvalue weighted by Crippen LogP contribution is 1.96. The molecule has 0 fully saturated rings. The van der Waals surface area contributed by atoms with Crippen molar-refractivity contribution in [2.75, 3.05) is 13.6 Å². The van der Waals surface area contributed by atoms with E-state index in [0.29, 0.717) is 6.54 Å². The van der Waals surface area contributed by atoms with E-state index in [1.165, 1.54) is 0 Å². The van der Waals surface area contributed by atoms with Gasteiger partial charge in [0, 0.05) is 19.6 Å². The Labute approximate surface area is 110 Å². The maximum absolute atomic E-state index is 11.8. The molecule has 0 aromatic heterocycles. The Balaban J connectivity index is 4.26. The lowest BCUT2D eigenvalue weighted by Crippen LogP contribution is -2.52. The van der Waals surface area contributed by atoms with Gasteiger partial charge in [0.25, 0.3) is 0 Å². The normalized spacial score (nSPS) is 15.7. The van der Waals surface area contributed by atoms with Gasteiger partial charge in [0.1, 0.15) is 0 Å². The summed E-state index contributed by atoms with van der Waals surface area (Å²) in [7, 11) is 1.75. The zero-order valence-corrected chi connectivity index (χ0v) is 12.4. The van der Waals surface area contributed by atoms with Crippen LogP contribution in [-0.2, 0) is 9.59 Å². The molecule has 106 valence electrons. The van der Waals surface area contributed by atoms with Crippen molar-refractivity contribution in [1.29, 1.82) is 0 Å². The van der Waals surface area contributed by atoms with Crippen LogP contribution in [0.2, 0.25) is 0 Å². The van der Waals surface area contributed by atoms with Gasteiger partial charge in [0.2, 0.25) is 11.8 Å². The predicted octanol–water partition coefficient (Wildman–Crippen LogP) is 0.746. The van der Waals surface area contributed by atoms with E-state index in [1.807, 2.05) is 20.8 Å². The Kier molecular flexibility index (Phi) is 7.59. The highest BCUT2D eigenvalue weighted by Gasteiger charge is 2.22. The molecular formula is C13H27N3O2. The van der Waals surface area contributed by atoms with E-state index >= 15 is 0 Å². The molecule has 0 radical (unpaired) electrons. The van der Waals surface area contributed by atoms with Crippen LogP contribution >= 0.6 is 0 Å². The number of amides is 2. The number of hydrogen-bond acceptors (Lipinski definition) is 3. The summed E-state index contributed by atoms with van der Waals surface area (Å²) >= 11 is 0. The molecule has 3 atom stereocenters. The third-order valence-electron chi connectivity index (χ3n) is 3.12. The average Bonchev–Trinajstić information content (AvgIpc) is 2.36. The van der Waals surface area contributed by atoms with Crippen molar-refractivity contribution in [3.8, 4) is 0 Å². The molecule has 0 saturated carbocycles. The molecule has 18 heavy (non-hydrogen) atoms. The molecule has 0 rings (SSSR count). The molecule has 5 nitrogen and oxygen atoms in total. The molecule has 2 amide bonds. The second-order valence-corrected chi connectivity index (χ2v) is 4.78. The molecule has 0 saturated heterocycles. The van der Waals surface area contributed by atoms with Gasteiger partial charge in [-0.05, 0) is 34.1 Å². The summed E-state index contributed by atoms with van der Waals surface area (Å²) in [6.45, 7) is 10.1. The molecule has 0 bridgehead atoms. The van der Waals surface area contributed by atoms with Crippen LogP contribution < -0.4 is 10.6 Å². The summed E-state index contributed by atoms with van der Waals surface area (Å²) in [5.74, 6) is -0.0659. The molecule has 0 aliphatic heterocycles. The zero-order chi connectivity index (χ0) is 14.3. The monoisotopic (exact) mass is 257 g/mol. The van der Waals surface area contributed by atoms with Gasteiger partial charge in [-0.3, -0.25) is 14.9 Å². The van der Waals surface area contributed by atoms with Crippen LogP contribution in [0, 0.1) is 0 Å². The molecule has 5 heteroatoms. The number of nitrogens with zero attached hydrogens (tertiary/aromatic N) is 1. The van der Waals surface area contributed by atoms with Crippen molar-refractivity contribution in [1.82, 2.24) is 15.5 Å². The minimum Gasteiger partial charge on any atom is -0.352 e. The number of hydrogen-bond donors (Lipinski definition) is 2. The smallest absolute Gasteiger partial charge is 0.239 e. The first-order valence-corrected chi connectivity index (χ1v) is 6.64. The summed E-state index contributed by atoms with van der Waals surface area (Å²) < 4.78 is 0. The lowest BCUT2D eigenvalue weighted by atomic mass is 10.2. The van der Waals surface area contributed by atoms with Crippen molar-refractivity contribution in [3.05, 3.63) is 0 Å². The Morgan fingerprint density at radius 2 is 1.67 bits per heavy atom. The standard InChI is InChI=1S/C13H27N3O2/c1-7-9(3)14-12(17)10(4)15-11(5)13(18)16(6)8-2/h9-11,15H,7-8H2,1-6H3,(H,14,17). The molecule has 0 aromatic rings. The molecule has 2 N–H and O–H groups in total. The summed E-state index contributed by atoms with van der Waals surface area (Å²) in [6, 6.07) is -0.568. The summed E-state index contributed by atoms with van der Waals surface area (Å²) in [5, 5.41) is 5.91. The number of rotatable bonds is 7. The third-order valence-corrected chi connectivity index (χ3v) is 3.12.